The van der Waals surface area contributed by atoms with Crippen LogP contribution in [0.2, 0.25) is 0 Å². The van der Waals surface area contributed by atoms with Gasteiger partial charge < -0.3 is 10.2 Å². The van der Waals surface area contributed by atoms with Crippen LogP contribution in [0.3, 0.4) is 0 Å². The van der Waals surface area contributed by atoms with Gasteiger partial charge in [-0.25, -0.2) is 9.97 Å². The zero-order valence-electron chi connectivity index (χ0n) is 14.5. The van der Waals surface area contributed by atoms with Crippen molar-refractivity contribution >= 4 is 16.7 Å². The topological polar surface area (TPSA) is 69.0 Å². The van der Waals surface area contributed by atoms with Gasteiger partial charge in [-0.3, -0.25) is 4.79 Å². The molecule has 2 aromatic heterocycles. The minimum atomic E-state index is -0.196. The summed E-state index contributed by atoms with van der Waals surface area (Å²) in [6.45, 7) is 4.97. The fourth-order valence-electron chi connectivity index (χ4n) is 2.65. The van der Waals surface area contributed by atoms with E-state index in [0.717, 1.165) is 29.5 Å². The molecule has 0 unspecified atom stereocenters. The second kappa shape index (κ2) is 7.79. The predicted octanol–water partition coefficient (Wildman–Crippen LogP) is 2.94. The predicted molar refractivity (Wildman–Crippen MR) is 98.7 cm³/mol. The van der Waals surface area contributed by atoms with E-state index in [1.807, 2.05) is 30.3 Å². The molecule has 0 saturated heterocycles. The van der Waals surface area contributed by atoms with Crippen LogP contribution in [-0.2, 0) is 6.54 Å². The van der Waals surface area contributed by atoms with Crippen molar-refractivity contribution in [2.45, 2.75) is 33.2 Å². The molecule has 0 aliphatic heterocycles. The Morgan fingerprint density at radius 3 is 2.80 bits per heavy atom. The SMILES string of the molecule is CCCCOn1c(=O)c(C)c(NCc2ccccc2)c2cncnc21. The highest BCUT2D eigenvalue weighted by atomic mass is 16.7. The van der Waals surface area contributed by atoms with Crippen LogP contribution in [0.15, 0.2) is 47.7 Å². The zero-order chi connectivity index (χ0) is 17.6. The van der Waals surface area contributed by atoms with Gasteiger partial charge in [0.05, 0.1) is 11.1 Å². The van der Waals surface area contributed by atoms with Crippen LogP contribution >= 0.6 is 0 Å². The van der Waals surface area contributed by atoms with Crippen LogP contribution in [0.25, 0.3) is 11.0 Å². The van der Waals surface area contributed by atoms with Crippen molar-refractivity contribution < 1.29 is 4.84 Å². The summed E-state index contributed by atoms with van der Waals surface area (Å²) < 4.78 is 1.29. The van der Waals surface area contributed by atoms with E-state index in [1.54, 1.807) is 13.1 Å². The molecule has 6 nitrogen and oxygen atoms in total. The summed E-state index contributed by atoms with van der Waals surface area (Å²) in [5.41, 5.74) is 2.76. The summed E-state index contributed by atoms with van der Waals surface area (Å²) in [5, 5.41) is 4.13. The van der Waals surface area contributed by atoms with Crippen molar-refractivity contribution in [3.05, 3.63) is 64.3 Å². The van der Waals surface area contributed by atoms with Gasteiger partial charge in [-0.1, -0.05) is 43.7 Å². The maximum Gasteiger partial charge on any atom is 0.290 e. The molecule has 1 aromatic carbocycles. The van der Waals surface area contributed by atoms with E-state index in [9.17, 15) is 4.79 Å². The fourth-order valence-corrected chi connectivity index (χ4v) is 2.65. The summed E-state index contributed by atoms with van der Waals surface area (Å²) in [6.07, 6.45) is 5.02. The lowest BCUT2D eigenvalue weighted by atomic mass is 10.1. The molecule has 0 aliphatic carbocycles. The molecule has 3 aromatic rings. The Kier molecular flexibility index (Phi) is 5.28. The molecule has 0 amide bonds. The first-order valence-electron chi connectivity index (χ1n) is 8.48. The first-order chi connectivity index (χ1) is 12.2. The van der Waals surface area contributed by atoms with E-state index in [4.69, 9.17) is 4.84 Å². The number of anilines is 1. The van der Waals surface area contributed by atoms with Crippen molar-refractivity contribution in [3.8, 4) is 0 Å². The van der Waals surface area contributed by atoms with Crippen LogP contribution in [0.1, 0.15) is 30.9 Å². The maximum absolute atomic E-state index is 12.7. The first-order valence-corrected chi connectivity index (χ1v) is 8.48. The number of hydrogen-bond donors (Lipinski definition) is 1. The van der Waals surface area contributed by atoms with Gasteiger partial charge in [0.2, 0.25) is 0 Å². The van der Waals surface area contributed by atoms with E-state index >= 15 is 0 Å². The molecule has 0 bridgehead atoms. The van der Waals surface area contributed by atoms with Crippen molar-refractivity contribution in [2.75, 3.05) is 11.9 Å². The number of unbranched alkanes of at least 4 members (excludes halogenated alkanes) is 1. The average molecular weight is 338 g/mol. The van der Waals surface area contributed by atoms with E-state index < -0.39 is 0 Å². The lowest BCUT2D eigenvalue weighted by Crippen LogP contribution is -2.31. The van der Waals surface area contributed by atoms with Gasteiger partial charge in [0.25, 0.3) is 5.56 Å². The Labute approximate surface area is 146 Å². The van der Waals surface area contributed by atoms with E-state index in [1.165, 1.54) is 11.1 Å². The van der Waals surface area contributed by atoms with Crippen LogP contribution in [-0.4, -0.2) is 21.3 Å². The summed E-state index contributed by atoms with van der Waals surface area (Å²) in [7, 11) is 0. The van der Waals surface area contributed by atoms with Gasteiger partial charge in [0.15, 0.2) is 5.65 Å². The molecule has 0 fully saturated rings. The van der Waals surface area contributed by atoms with Gasteiger partial charge in [-0.2, -0.15) is 0 Å². The number of nitrogens with one attached hydrogen (secondary N) is 1. The van der Waals surface area contributed by atoms with Crippen molar-refractivity contribution in [2.24, 2.45) is 0 Å². The number of aromatic nitrogens is 3. The maximum atomic E-state index is 12.7. The Morgan fingerprint density at radius 1 is 1.24 bits per heavy atom. The Bertz CT molecular complexity index is 906. The zero-order valence-corrected chi connectivity index (χ0v) is 14.5. The highest BCUT2D eigenvalue weighted by molar-refractivity contribution is 5.89. The molecular weight excluding hydrogens is 316 g/mol. The molecular formula is C19H22N4O2. The molecule has 25 heavy (non-hydrogen) atoms. The molecule has 0 atom stereocenters. The van der Waals surface area contributed by atoms with Gasteiger partial charge in [0.1, 0.15) is 12.9 Å². The number of hydrogen-bond acceptors (Lipinski definition) is 5. The number of benzene rings is 1. The summed E-state index contributed by atoms with van der Waals surface area (Å²) in [6, 6.07) is 10.0. The van der Waals surface area contributed by atoms with E-state index in [0.29, 0.717) is 24.4 Å². The molecule has 3 rings (SSSR count). The quantitative estimate of drug-likeness (QED) is 0.671. The molecule has 130 valence electrons. The van der Waals surface area contributed by atoms with E-state index in [-0.39, 0.29) is 5.56 Å². The van der Waals surface area contributed by atoms with Crippen molar-refractivity contribution in [3.63, 3.8) is 0 Å². The lowest BCUT2D eigenvalue weighted by molar-refractivity contribution is 0.108. The van der Waals surface area contributed by atoms with Gasteiger partial charge in [0, 0.05) is 18.3 Å². The average Bonchev–Trinajstić information content (AvgIpc) is 2.65. The molecule has 0 radical (unpaired) electrons. The number of nitrogens with zero attached hydrogens (tertiary/aromatic N) is 3. The molecule has 0 aliphatic rings. The minimum Gasteiger partial charge on any atom is -0.409 e. The molecule has 1 N–H and O–H groups in total. The van der Waals surface area contributed by atoms with Crippen LogP contribution in [0.4, 0.5) is 5.69 Å². The Morgan fingerprint density at radius 2 is 2.04 bits per heavy atom. The number of fused-ring (bicyclic) bond motifs is 1. The van der Waals surface area contributed by atoms with Crippen LogP contribution < -0.4 is 15.7 Å². The highest BCUT2D eigenvalue weighted by Gasteiger charge is 2.15. The smallest absolute Gasteiger partial charge is 0.290 e. The third-order valence-corrected chi connectivity index (χ3v) is 4.06. The van der Waals surface area contributed by atoms with Crippen molar-refractivity contribution in [1.82, 2.24) is 14.7 Å². The Balaban J connectivity index is 2.00. The number of rotatable bonds is 7. The largest absolute Gasteiger partial charge is 0.409 e. The third kappa shape index (κ3) is 3.63. The third-order valence-electron chi connectivity index (χ3n) is 4.06. The standard InChI is InChI=1S/C19H22N4O2/c1-3-4-10-25-23-18-16(12-20-13-22-18)17(14(2)19(23)24)21-11-15-8-6-5-7-9-15/h5-9,12-13,21H,3-4,10-11H2,1-2H3. The molecule has 6 heteroatoms. The van der Waals surface area contributed by atoms with Crippen LogP contribution in [0, 0.1) is 6.92 Å². The monoisotopic (exact) mass is 338 g/mol. The summed E-state index contributed by atoms with van der Waals surface area (Å²) in [4.78, 5) is 26.8. The normalized spacial score (nSPS) is 10.8. The van der Waals surface area contributed by atoms with Gasteiger partial charge in [-0.15, -0.1) is 4.73 Å². The van der Waals surface area contributed by atoms with Gasteiger partial charge >= 0.3 is 0 Å². The first kappa shape index (κ1) is 17.0. The van der Waals surface area contributed by atoms with Crippen LogP contribution in [0.5, 0.6) is 0 Å². The molecule has 0 saturated carbocycles. The minimum absolute atomic E-state index is 0.196. The lowest BCUT2D eigenvalue weighted by Gasteiger charge is -2.16. The second-order valence-electron chi connectivity index (χ2n) is 5.89. The summed E-state index contributed by atoms with van der Waals surface area (Å²) in [5.74, 6) is 0. The van der Waals surface area contributed by atoms with E-state index in [2.05, 4.69) is 22.2 Å². The summed E-state index contributed by atoms with van der Waals surface area (Å²) >= 11 is 0. The second-order valence-corrected chi connectivity index (χ2v) is 5.89. The van der Waals surface area contributed by atoms with Crippen molar-refractivity contribution in [1.29, 1.82) is 0 Å². The highest BCUT2D eigenvalue weighted by Crippen LogP contribution is 2.23. The fraction of sp³-hybridized carbons (Fsp3) is 0.316. The molecule has 2 heterocycles. The molecule has 0 spiro atoms. The Hall–Kier alpha value is -2.89. The van der Waals surface area contributed by atoms with Gasteiger partial charge in [-0.05, 0) is 18.9 Å². The number of pyridine rings is 1.